The van der Waals surface area contributed by atoms with Gasteiger partial charge in [-0.3, -0.25) is 0 Å². The van der Waals surface area contributed by atoms with Crippen molar-refractivity contribution in [3.05, 3.63) is 119 Å². The summed E-state index contributed by atoms with van der Waals surface area (Å²) in [5.74, 6) is -5.62. The van der Waals surface area contributed by atoms with Crippen LogP contribution in [0.15, 0.2) is 97.1 Å². The number of carbonyl (C=O) groups is 2. The van der Waals surface area contributed by atoms with Gasteiger partial charge in [-0.2, -0.15) is 26.3 Å². The molecule has 8 nitrogen and oxygen atoms in total. The number of ether oxygens (including phenoxy) is 4. The van der Waals surface area contributed by atoms with Gasteiger partial charge in [0.2, 0.25) is 0 Å². The van der Waals surface area contributed by atoms with Crippen molar-refractivity contribution in [3.63, 3.8) is 0 Å². The first-order chi connectivity index (χ1) is 26.8. The highest BCUT2D eigenvalue weighted by Crippen LogP contribution is 2.50. The smallest absolute Gasteiger partial charge is 0.462 e. The highest BCUT2D eigenvalue weighted by atomic mass is 19.4. The Bertz CT molecular complexity index is 2150. The van der Waals surface area contributed by atoms with E-state index in [0.29, 0.717) is 12.1 Å². The van der Waals surface area contributed by atoms with Crippen molar-refractivity contribution in [2.75, 3.05) is 13.2 Å². The first-order valence-corrected chi connectivity index (χ1v) is 16.4. The fourth-order valence-corrected chi connectivity index (χ4v) is 6.12. The first-order valence-electron chi connectivity index (χ1n) is 16.4. The Labute approximate surface area is 318 Å². The van der Waals surface area contributed by atoms with Crippen LogP contribution in [0.2, 0.25) is 0 Å². The molecule has 0 aliphatic rings. The van der Waals surface area contributed by atoms with E-state index < -0.39 is 119 Å². The third-order valence-corrected chi connectivity index (χ3v) is 8.73. The Morgan fingerprint density at radius 3 is 1.19 bits per heavy atom. The van der Waals surface area contributed by atoms with E-state index in [9.17, 15) is 72.5 Å². The molecule has 58 heavy (non-hydrogen) atoms. The molecule has 0 heterocycles. The van der Waals surface area contributed by atoms with E-state index in [0.717, 1.165) is 48.5 Å². The zero-order valence-electron chi connectivity index (χ0n) is 28.9. The standard InChI is InChI=1S/C38H26F12O8/c39-35(40,41)33(53,29-25-10-3-1-6-21(25)12-14-27(29)57-37(45,46)47)16-18-55-31(51)23-8-5-9-24(20-23)32(52)56-19-17-34(54,36(42,43)44)30-26-11-4-2-7-22(26)13-15-28(30)58-38(48,49)50/h1-15,20,53-54H,16-19H2. The van der Waals surface area contributed by atoms with Crippen LogP contribution < -0.4 is 9.47 Å². The molecule has 5 aromatic carbocycles. The number of fused-ring (bicyclic) bond motifs is 2. The van der Waals surface area contributed by atoms with Crippen LogP contribution in [0.3, 0.4) is 0 Å². The molecule has 2 unspecified atom stereocenters. The molecule has 2 atom stereocenters. The molecule has 5 aromatic rings. The minimum atomic E-state index is -5.67. The van der Waals surface area contributed by atoms with E-state index in [4.69, 9.17) is 9.47 Å². The minimum Gasteiger partial charge on any atom is -0.462 e. The summed E-state index contributed by atoms with van der Waals surface area (Å²) in [6, 6.07) is 16.6. The van der Waals surface area contributed by atoms with Gasteiger partial charge in [-0.25, -0.2) is 9.59 Å². The van der Waals surface area contributed by atoms with Gasteiger partial charge in [-0.1, -0.05) is 66.7 Å². The lowest BCUT2D eigenvalue weighted by Gasteiger charge is -2.33. The van der Waals surface area contributed by atoms with Crippen molar-refractivity contribution in [1.29, 1.82) is 0 Å². The molecule has 310 valence electrons. The Hall–Kier alpha value is -5.76. The molecular weight excluding hydrogens is 812 g/mol. The van der Waals surface area contributed by atoms with E-state index in [1.54, 1.807) is 0 Å². The van der Waals surface area contributed by atoms with Gasteiger partial charge >= 0.3 is 37.0 Å². The average Bonchev–Trinajstić information content (AvgIpc) is 3.12. The Morgan fingerprint density at radius 1 is 0.483 bits per heavy atom. The molecule has 2 N–H and O–H groups in total. The number of alkyl halides is 12. The molecule has 0 saturated carbocycles. The largest absolute Gasteiger partial charge is 0.573 e. The zero-order chi connectivity index (χ0) is 42.9. The predicted molar refractivity (Wildman–Crippen MR) is 177 cm³/mol. The molecule has 0 saturated heterocycles. The van der Waals surface area contributed by atoms with Crippen molar-refractivity contribution >= 4 is 33.5 Å². The molecular formula is C38H26F12O8. The third kappa shape index (κ3) is 9.33. The summed E-state index contributed by atoms with van der Waals surface area (Å²) < 4.78 is 184. The maximum absolute atomic E-state index is 14.5. The second kappa shape index (κ2) is 15.9. The number of halogens is 12. The van der Waals surface area contributed by atoms with Gasteiger partial charge in [-0.15, -0.1) is 26.3 Å². The van der Waals surface area contributed by atoms with E-state index in [-0.39, 0.29) is 10.8 Å². The first kappa shape index (κ1) is 43.4. The quantitative estimate of drug-likeness (QED) is 0.0945. The lowest BCUT2D eigenvalue weighted by molar-refractivity contribution is -0.284. The molecule has 0 aromatic heterocycles. The van der Waals surface area contributed by atoms with Crippen LogP contribution in [0.25, 0.3) is 21.5 Å². The lowest BCUT2D eigenvalue weighted by atomic mass is 9.85. The summed E-state index contributed by atoms with van der Waals surface area (Å²) in [5.41, 5.74) is -11.9. The van der Waals surface area contributed by atoms with Gasteiger partial charge in [0.05, 0.1) is 24.3 Å². The van der Waals surface area contributed by atoms with E-state index >= 15 is 0 Å². The number of hydrogen-bond acceptors (Lipinski definition) is 8. The van der Waals surface area contributed by atoms with Crippen LogP contribution in [0.1, 0.15) is 44.7 Å². The summed E-state index contributed by atoms with van der Waals surface area (Å²) in [7, 11) is 0. The van der Waals surface area contributed by atoms with Gasteiger partial charge in [0.15, 0.2) is 11.2 Å². The molecule has 0 bridgehead atoms. The van der Waals surface area contributed by atoms with Crippen LogP contribution in [-0.2, 0) is 20.7 Å². The summed E-state index contributed by atoms with van der Waals surface area (Å²) in [6.07, 6.45) is -25.4. The van der Waals surface area contributed by atoms with Gasteiger partial charge in [0, 0.05) is 24.0 Å². The van der Waals surface area contributed by atoms with Crippen LogP contribution in [0.4, 0.5) is 52.7 Å². The minimum absolute atomic E-state index is 0.00717. The van der Waals surface area contributed by atoms with E-state index in [1.807, 2.05) is 0 Å². The number of hydrogen-bond donors (Lipinski definition) is 2. The number of aliphatic hydroxyl groups is 2. The predicted octanol–water partition coefficient (Wildman–Crippen LogP) is 9.78. The Balaban J connectivity index is 1.33. The second-order valence-corrected chi connectivity index (χ2v) is 12.5. The summed E-state index contributed by atoms with van der Waals surface area (Å²) >= 11 is 0. The molecule has 5 rings (SSSR count). The van der Waals surface area contributed by atoms with Gasteiger partial charge < -0.3 is 29.2 Å². The van der Waals surface area contributed by atoms with Crippen LogP contribution in [0, 0.1) is 0 Å². The van der Waals surface area contributed by atoms with Gasteiger partial charge in [0.25, 0.3) is 0 Å². The molecule has 20 heteroatoms. The van der Waals surface area contributed by atoms with Crippen molar-refractivity contribution in [3.8, 4) is 11.5 Å². The summed E-state index contributed by atoms with van der Waals surface area (Å²) in [6.45, 7) is -2.55. The number of esters is 2. The van der Waals surface area contributed by atoms with Crippen molar-refractivity contribution < 1.29 is 91.4 Å². The normalized spacial score (nSPS) is 14.7. The number of benzene rings is 5. The van der Waals surface area contributed by atoms with Crippen molar-refractivity contribution in [2.24, 2.45) is 0 Å². The molecule has 0 aliphatic carbocycles. The maximum atomic E-state index is 14.5. The molecule has 0 amide bonds. The highest BCUT2D eigenvalue weighted by Gasteiger charge is 2.58. The fourth-order valence-electron chi connectivity index (χ4n) is 6.12. The monoisotopic (exact) mass is 838 g/mol. The molecule has 0 radical (unpaired) electrons. The summed E-state index contributed by atoms with van der Waals surface area (Å²) in [5, 5.41) is 21.1. The van der Waals surface area contributed by atoms with Crippen LogP contribution in [-0.4, -0.2) is 60.4 Å². The van der Waals surface area contributed by atoms with E-state index in [2.05, 4.69) is 9.47 Å². The van der Waals surface area contributed by atoms with Gasteiger partial charge in [-0.05, 0) is 51.9 Å². The van der Waals surface area contributed by atoms with Crippen molar-refractivity contribution in [2.45, 2.75) is 49.1 Å². The van der Waals surface area contributed by atoms with E-state index in [1.165, 1.54) is 36.4 Å². The van der Waals surface area contributed by atoms with Crippen LogP contribution >= 0.6 is 0 Å². The number of carbonyl (C=O) groups excluding carboxylic acids is 2. The fraction of sp³-hybridized carbons (Fsp3) is 0.263. The topological polar surface area (TPSA) is 112 Å². The van der Waals surface area contributed by atoms with Gasteiger partial charge in [0.1, 0.15) is 11.5 Å². The average molecular weight is 839 g/mol. The maximum Gasteiger partial charge on any atom is 0.573 e. The van der Waals surface area contributed by atoms with Crippen LogP contribution in [0.5, 0.6) is 11.5 Å². The summed E-state index contributed by atoms with van der Waals surface area (Å²) in [4.78, 5) is 25.7. The Kier molecular flexibility index (Phi) is 11.9. The third-order valence-electron chi connectivity index (χ3n) is 8.73. The van der Waals surface area contributed by atoms with Crippen molar-refractivity contribution in [1.82, 2.24) is 0 Å². The highest BCUT2D eigenvalue weighted by molar-refractivity contribution is 5.95. The molecule has 0 spiro atoms. The second-order valence-electron chi connectivity index (χ2n) is 12.5. The lowest BCUT2D eigenvalue weighted by Crippen LogP contribution is -2.44. The molecule has 0 aliphatic heterocycles. The molecule has 0 fully saturated rings. The number of rotatable bonds is 12. The Morgan fingerprint density at radius 2 is 0.845 bits per heavy atom. The zero-order valence-corrected chi connectivity index (χ0v) is 28.9. The SMILES string of the molecule is O=C(OCCC(O)(c1c(OC(F)(F)F)ccc2ccccc12)C(F)(F)F)c1cccc(C(=O)OCCC(O)(c2c(OC(F)(F)F)ccc3ccccc23)C(F)(F)F)c1.